The van der Waals surface area contributed by atoms with Crippen molar-refractivity contribution in [2.45, 2.75) is 89.1 Å². The third kappa shape index (κ3) is 8.58. The van der Waals surface area contributed by atoms with Crippen molar-refractivity contribution in [3.8, 4) is 0 Å². The smallest absolute Gasteiger partial charge is 0.114 e. The highest BCUT2D eigenvalue weighted by Crippen LogP contribution is 2.20. The van der Waals surface area contributed by atoms with Crippen molar-refractivity contribution >= 4 is 0 Å². The summed E-state index contributed by atoms with van der Waals surface area (Å²) in [7, 11) is 0. The molecule has 5 heteroatoms. The molecule has 1 aliphatic heterocycles. The lowest BCUT2D eigenvalue weighted by Gasteiger charge is -2.20. The Morgan fingerprint density at radius 3 is 2.46 bits per heavy atom. The van der Waals surface area contributed by atoms with Gasteiger partial charge in [0.15, 0.2) is 0 Å². The standard InChI is InChI=1S/C19H36O5/c1-2-3-4-5-6-7-8-9-10-11-12-13-23-17-15-24-19(18(17)22)16(21)14-20/h5-6,16-22H,2-4,7-15H2,1H3/b6-5+/t16-,17+,18-,19-/m1/s1. The normalized spacial score (nSPS) is 25.6. The van der Waals surface area contributed by atoms with Crippen LogP contribution in [0.25, 0.3) is 0 Å². The molecular formula is C19H36O5. The van der Waals surface area contributed by atoms with Crippen LogP contribution in [0.1, 0.15) is 64.7 Å². The Balaban J connectivity index is 1.93. The largest absolute Gasteiger partial charge is 0.394 e. The summed E-state index contributed by atoms with van der Waals surface area (Å²) < 4.78 is 10.9. The topological polar surface area (TPSA) is 79.2 Å². The van der Waals surface area contributed by atoms with Crippen LogP contribution >= 0.6 is 0 Å². The van der Waals surface area contributed by atoms with Gasteiger partial charge < -0.3 is 24.8 Å². The molecule has 142 valence electrons. The van der Waals surface area contributed by atoms with Crippen LogP contribution in [-0.2, 0) is 9.47 Å². The van der Waals surface area contributed by atoms with Crippen molar-refractivity contribution in [1.82, 2.24) is 0 Å². The van der Waals surface area contributed by atoms with E-state index in [0.717, 1.165) is 12.8 Å². The molecule has 1 fully saturated rings. The molecule has 0 aliphatic carbocycles. The van der Waals surface area contributed by atoms with Gasteiger partial charge in [-0.25, -0.2) is 0 Å². The third-order valence-electron chi connectivity index (χ3n) is 4.47. The molecule has 1 heterocycles. The molecule has 0 spiro atoms. The number of unbranched alkanes of at least 4 members (excludes halogenated alkanes) is 7. The molecule has 0 radical (unpaired) electrons. The molecule has 1 saturated heterocycles. The van der Waals surface area contributed by atoms with Crippen molar-refractivity contribution in [3.63, 3.8) is 0 Å². The van der Waals surface area contributed by atoms with E-state index in [0.29, 0.717) is 6.61 Å². The molecule has 0 aromatic rings. The predicted molar refractivity (Wildman–Crippen MR) is 94.9 cm³/mol. The van der Waals surface area contributed by atoms with E-state index >= 15 is 0 Å². The van der Waals surface area contributed by atoms with Crippen LogP contribution in [0.3, 0.4) is 0 Å². The first-order chi connectivity index (χ1) is 11.7. The monoisotopic (exact) mass is 344 g/mol. The number of rotatable bonds is 14. The third-order valence-corrected chi connectivity index (χ3v) is 4.47. The van der Waals surface area contributed by atoms with Crippen LogP contribution in [-0.4, -0.2) is 59.6 Å². The number of aliphatic hydroxyl groups excluding tert-OH is 3. The Kier molecular flexibility index (Phi) is 12.4. The van der Waals surface area contributed by atoms with Crippen LogP contribution < -0.4 is 0 Å². The minimum absolute atomic E-state index is 0.271. The van der Waals surface area contributed by atoms with Crippen LogP contribution in [0.15, 0.2) is 12.2 Å². The summed E-state index contributed by atoms with van der Waals surface area (Å²) in [6.45, 7) is 2.67. The lowest BCUT2D eigenvalue weighted by Crippen LogP contribution is -2.41. The number of allylic oxidation sites excluding steroid dienone is 2. The van der Waals surface area contributed by atoms with E-state index < -0.39 is 31.0 Å². The summed E-state index contributed by atoms with van der Waals surface area (Å²) in [5.74, 6) is 0. The van der Waals surface area contributed by atoms with E-state index in [1.54, 1.807) is 0 Å². The summed E-state index contributed by atoms with van der Waals surface area (Å²) in [5, 5.41) is 28.4. The van der Waals surface area contributed by atoms with Crippen molar-refractivity contribution in [2.75, 3.05) is 19.8 Å². The molecule has 0 aromatic heterocycles. The maximum atomic E-state index is 10.00. The van der Waals surface area contributed by atoms with E-state index in [4.69, 9.17) is 14.6 Å². The van der Waals surface area contributed by atoms with Crippen molar-refractivity contribution < 1.29 is 24.8 Å². The van der Waals surface area contributed by atoms with Crippen molar-refractivity contribution in [3.05, 3.63) is 12.2 Å². The quantitative estimate of drug-likeness (QED) is 0.333. The number of hydrogen-bond acceptors (Lipinski definition) is 5. The highest BCUT2D eigenvalue weighted by atomic mass is 16.6. The Labute approximate surface area is 146 Å². The molecule has 3 N–H and O–H groups in total. The molecule has 0 bridgehead atoms. The Morgan fingerprint density at radius 1 is 1.08 bits per heavy atom. The summed E-state index contributed by atoms with van der Waals surface area (Å²) in [5.41, 5.74) is 0. The second-order valence-corrected chi connectivity index (χ2v) is 6.62. The Hall–Kier alpha value is -0.460. The lowest BCUT2D eigenvalue weighted by molar-refractivity contribution is -0.0730. The van der Waals surface area contributed by atoms with Gasteiger partial charge >= 0.3 is 0 Å². The average molecular weight is 344 g/mol. The van der Waals surface area contributed by atoms with Gasteiger partial charge in [-0.3, -0.25) is 0 Å². The molecule has 24 heavy (non-hydrogen) atoms. The van der Waals surface area contributed by atoms with Crippen LogP contribution in [0.5, 0.6) is 0 Å². The van der Waals surface area contributed by atoms with E-state index in [2.05, 4.69) is 19.1 Å². The Bertz CT molecular complexity index is 321. The molecule has 5 nitrogen and oxygen atoms in total. The fraction of sp³-hybridized carbons (Fsp3) is 0.895. The zero-order chi connectivity index (χ0) is 17.6. The first-order valence-electron chi connectivity index (χ1n) is 9.55. The Morgan fingerprint density at radius 2 is 1.75 bits per heavy atom. The van der Waals surface area contributed by atoms with Gasteiger partial charge in [-0.1, -0.05) is 51.2 Å². The van der Waals surface area contributed by atoms with Gasteiger partial charge in [-0.05, 0) is 25.7 Å². The maximum absolute atomic E-state index is 10.00. The molecule has 0 aromatic carbocycles. The van der Waals surface area contributed by atoms with Crippen molar-refractivity contribution in [1.29, 1.82) is 0 Å². The molecular weight excluding hydrogens is 308 g/mol. The summed E-state index contributed by atoms with van der Waals surface area (Å²) >= 11 is 0. The van der Waals surface area contributed by atoms with Gasteiger partial charge in [-0.2, -0.15) is 0 Å². The zero-order valence-electron chi connectivity index (χ0n) is 15.1. The minimum Gasteiger partial charge on any atom is -0.394 e. The van der Waals surface area contributed by atoms with E-state index in [9.17, 15) is 10.2 Å². The van der Waals surface area contributed by atoms with E-state index in [1.165, 1.54) is 44.9 Å². The van der Waals surface area contributed by atoms with Gasteiger partial charge in [0.25, 0.3) is 0 Å². The number of hydrogen-bond donors (Lipinski definition) is 3. The molecule has 1 rings (SSSR count). The highest BCUT2D eigenvalue weighted by Gasteiger charge is 2.40. The fourth-order valence-electron chi connectivity index (χ4n) is 2.89. The van der Waals surface area contributed by atoms with Crippen molar-refractivity contribution in [2.24, 2.45) is 0 Å². The second kappa shape index (κ2) is 13.8. The summed E-state index contributed by atoms with van der Waals surface area (Å²) in [4.78, 5) is 0. The van der Waals surface area contributed by atoms with Gasteiger partial charge in [0.2, 0.25) is 0 Å². The van der Waals surface area contributed by atoms with Gasteiger partial charge in [0, 0.05) is 6.61 Å². The molecule has 1 aliphatic rings. The highest BCUT2D eigenvalue weighted by molar-refractivity contribution is 4.88. The predicted octanol–water partition coefficient (Wildman–Crippen LogP) is 2.57. The molecule has 0 amide bonds. The van der Waals surface area contributed by atoms with Crippen LogP contribution in [0.2, 0.25) is 0 Å². The van der Waals surface area contributed by atoms with E-state index in [1.807, 2.05) is 0 Å². The summed E-state index contributed by atoms with van der Waals surface area (Å²) in [6.07, 6.45) is 12.3. The average Bonchev–Trinajstić information content (AvgIpc) is 2.96. The minimum atomic E-state index is -1.05. The first-order valence-corrected chi connectivity index (χ1v) is 9.55. The van der Waals surface area contributed by atoms with Gasteiger partial charge in [0.1, 0.15) is 24.4 Å². The van der Waals surface area contributed by atoms with E-state index in [-0.39, 0.29) is 6.61 Å². The zero-order valence-corrected chi connectivity index (χ0v) is 15.1. The van der Waals surface area contributed by atoms with Crippen LogP contribution in [0.4, 0.5) is 0 Å². The molecule has 4 atom stereocenters. The second-order valence-electron chi connectivity index (χ2n) is 6.62. The maximum Gasteiger partial charge on any atom is 0.114 e. The summed E-state index contributed by atoms with van der Waals surface area (Å²) in [6, 6.07) is 0. The number of ether oxygens (including phenoxy) is 2. The van der Waals surface area contributed by atoms with Gasteiger partial charge in [-0.15, -0.1) is 0 Å². The lowest BCUT2D eigenvalue weighted by atomic mass is 10.1. The number of aliphatic hydroxyl groups is 3. The SMILES string of the molecule is CCCC/C=C/CCCCCCCO[C@H]1CO[C@H]([C@H](O)CO)[C@@H]1O. The first kappa shape index (κ1) is 21.6. The molecule has 0 saturated carbocycles. The molecule has 0 unspecified atom stereocenters. The fourth-order valence-corrected chi connectivity index (χ4v) is 2.89. The van der Waals surface area contributed by atoms with Gasteiger partial charge in [0.05, 0.1) is 13.2 Å². The van der Waals surface area contributed by atoms with Crippen LogP contribution in [0, 0.1) is 0 Å².